The molecule has 2 aromatic carbocycles. The van der Waals surface area contributed by atoms with Crippen molar-refractivity contribution >= 4 is 39.7 Å². The molecule has 1 aromatic heterocycles. The Hall–Kier alpha value is -4.19. The maximum atomic E-state index is 12.9. The van der Waals surface area contributed by atoms with E-state index in [0.717, 1.165) is 16.9 Å². The van der Waals surface area contributed by atoms with Crippen molar-refractivity contribution in [2.75, 3.05) is 32.0 Å². The summed E-state index contributed by atoms with van der Waals surface area (Å²) in [7, 11) is 3.88. The molecule has 2 amide bonds. The van der Waals surface area contributed by atoms with Gasteiger partial charge in [-0.2, -0.15) is 0 Å². The van der Waals surface area contributed by atoms with Crippen LogP contribution >= 0.6 is 11.3 Å². The maximum absolute atomic E-state index is 12.9. The molecule has 3 rings (SSSR count). The van der Waals surface area contributed by atoms with Crippen molar-refractivity contribution in [3.05, 3.63) is 51.4 Å². The summed E-state index contributed by atoms with van der Waals surface area (Å²) in [4.78, 5) is 39.4. The lowest BCUT2D eigenvalue weighted by Crippen LogP contribution is -2.15. The Morgan fingerprint density at radius 3 is 2.24 bits per heavy atom. The van der Waals surface area contributed by atoms with Crippen molar-refractivity contribution in [1.29, 1.82) is 0 Å². The van der Waals surface area contributed by atoms with Crippen molar-refractivity contribution in [3.8, 4) is 28.5 Å². The molecule has 0 radical (unpaired) electrons. The standard InChI is InChI=1S/C21H20N4O7S/c1-11(26)22-13-7-5-12(6-8-13)15-10-33-21(23-15)24-20(27)14-9-16(30-2)18(31-3)19(32-4)17(14)25(28)29/h5-10H,1-4H3,(H,22,26)(H,23,24,27). The highest BCUT2D eigenvalue weighted by atomic mass is 32.1. The largest absolute Gasteiger partial charge is 0.493 e. The molecule has 0 saturated carbocycles. The molecule has 0 spiro atoms. The molecule has 172 valence electrons. The minimum Gasteiger partial charge on any atom is -0.493 e. The number of rotatable bonds is 8. The van der Waals surface area contributed by atoms with Gasteiger partial charge in [0.1, 0.15) is 5.56 Å². The Morgan fingerprint density at radius 1 is 1.03 bits per heavy atom. The molecule has 0 saturated heterocycles. The minimum atomic E-state index is -0.761. The van der Waals surface area contributed by atoms with Gasteiger partial charge >= 0.3 is 5.69 Å². The number of nitrogens with zero attached hydrogens (tertiary/aromatic N) is 2. The van der Waals surface area contributed by atoms with Gasteiger partial charge in [0, 0.05) is 29.6 Å². The fourth-order valence-electron chi connectivity index (χ4n) is 3.05. The molecule has 2 N–H and O–H groups in total. The van der Waals surface area contributed by atoms with E-state index < -0.39 is 16.5 Å². The third kappa shape index (κ3) is 5.01. The van der Waals surface area contributed by atoms with Crippen molar-refractivity contribution in [1.82, 2.24) is 4.98 Å². The lowest BCUT2D eigenvalue weighted by Gasteiger charge is -2.14. The van der Waals surface area contributed by atoms with E-state index in [1.165, 1.54) is 34.3 Å². The van der Waals surface area contributed by atoms with Crippen molar-refractivity contribution in [2.45, 2.75) is 6.92 Å². The molecule has 1 heterocycles. The van der Waals surface area contributed by atoms with E-state index >= 15 is 0 Å². The average molecular weight is 472 g/mol. The molecule has 3 aromatic rings. The van der Waals surface area contributed by atoms with Crippen LogP contribution in [-0.4, -0.2) is 43.1 Å². The van der Waals surface area contributed by atoms with Crippen LogP contribution < -0.4 is 24.8 Å². The highest BCUT2D eigenvalue weighted by Gasteiger charge is 2.32. The Balaban J connectivity index is 1.90. The smallest absolute Gasteiger partial charge is 0.327 e. The number of benzene rings is 2. The highest BCUT2D eigenvalue weighted by Crippen LogP contribution is 2.46. The Kier molecular flexibility index (Phi) is 7.08. The Morgan fingerprint density at radius 2 is 1.70 bits per heavy atom. The normalized spacial score (nSPS) is 10.3. The van der Waals surface area contributed by atoms with Crippen LogP contribution in [0.3, 0.4) is 0 Å². The second kappa shape index (κ2) is 9.96. The van der Waals surface area contributed by atoms with E-state index in [-0.39, 0.29) is 33.9 Å². The zero-order chi connectivity index (χ0) is 24.1. The van der Waals surface area contributed by atoms with Crippen LogP contribution in [0, 0.1) is 10.1 Å². The number of nitro benzene ring substituents is 1. The molecule has 0 fully saturated rings. The summed E-state index contributed by atoms with van der Waals surface area (Å²) in [5, 5.41) is 18.9. The van der Waals surface area contributed by atoms with Crippen LogP contribution in [-0.2, 0) is 4.79 Å². The summed E-state index contributed by atoms with van der Waals surface area (Å²) in [6, 6.07) is 8.22. The second-order valence-electron chi connectivity index (χ2n) is 6.55. The molecular weight excluding hydrogens is 452 g/mol. The first-order valence-corrected chi connectivity index (χ1v) is 10.3. The molecule has 0 aliphatic rings. The predicted octanol–water partition coefficient (Wildman–Crippen LogP) is 3.95. The van der Waals surface area contributed by atoms with Gasteiger partial charge in [0.05, 0.1) is 31.9 Å². The van der Waals surface area contributed by atoms with Gasteiger partial charge in [-0.1, -0.05) is 12.1 Å². The fourth-order valence-corrected chi connectivity index (χ4v) is 3.77. The van der Waals surface area contributed by atoms with Crippen LogP contribution in [0.25, 0.3) is 11.3 Å². The molecule has 11 nitrogen and oxygen atoms in total. The van der Waals surface area contributed by atoms with Gasteiger partial charge in [0.15, 0.2) is 10.9 Å². The molecule has 0 unspecified atom stereocenters. The van der Waals surface area contributed by atoms with Gasteiger partial charge in [0.2, 0.25) is 17.4 Å². The van der Waals surface area contributed by atoms with E-state index in [1.807, 2.05) is 0 Å². The monoisotopic (exact) mass is 472 g/mol. The third-order valence-electron chi connectivity index (χ3n) is 4.46. The number of hydrogen-bond acceptors (Lipinski definition) is 9. The van der Waals surface area contributed by atoms with Crippen LogP contribution in [0.4, 0.5) is 16.5 Å². The first kappa shape index (κ1) is 23.5. The molecule has 12 heteroatoms. The topological polar surface area (TPSA) is 142 Å². The first-order valence-electron chi connectivity index (χ1n) is 9.41. The van der Waals surface area contributed by atoms with Crippen molar-refractivity contribution in [2.24, 2.45) is 0 Å². The van der Waals surface area contributed by atoms with Crippen molar-refractivity contribution in [3.63, 3.8) is 0 Å². The van der Waals surface area contributed by atoms with E-state index in [9.17, 15) is 19.7 Å². The molecule has 0 bridgehead atoms. The zero-order valence-electron chi connectivity index (χ0n) is 18.1. The number of hydrogen-bond donors (Lipinski definition) is 2. The number of carbonyl (C=O) groups is 2. The summed E-state index contributed by atoms with van der Waals surface area (Å²) in [5.74, 6) is -1.07. The first-order chi connectivity index (χ1) is 15.8. The second-order valence-corrected chi connectivity index (χ2v) is 7.41. The van der Waals surface area contributed by atoms with Gasteiger partial charge in [-0.25, -0.2) is 4.98 Å². The minimum absolute atomic E-state index is 0.00231. The number of anilines is 2. The van der Waals surface area contributed by atoms with E-state index in [2.05, 4.69) is 15.6 Å². The average Bonchev–Trinajstić information content (AvgIpc) is 3.25. The Bertz CT molecular complexity index is 1210. The van der Waals surface area contributed by atoms with E-state index in [1.54, 1.807) is 29.6 Å². The van der Waals surface area contributed by atoms with Crippen LogP contribution in [0.1, 0.15) is 17.3 Å². The quantitative estimate of drug-likeness (QED) is 0.371. The molecule has 0 atom stereocenters. The van der Waals surface area contributed by atoms with Crippen molar-refractivity contribution < 1.29 is 28.7 Å². The van der Waals surface area contributed by atoms with Gasteiger partial charge in [-0.05, 0) is 12.1 Å². The predicted molar refractivity (Wildman–Crippen MR) is 123 cm³/mol. The van der Waals surface area contributed by atoms with Crippen LogP contribution in [0.5, 0.6) is 17.2 Å². The SMILES string of the molecule is COc1cc(C(=O)Nc2nc(-c3ccc(NC(C)=O)cc3)cs2)c([N+](=O)[O-])c(OC)c1OC. The molecule has 33 heavy (non-hydrogen) atoms. The Labute approximate surface area is 192 Å². The number of methoxy groups -OCH3 is 3. The summed E-state index contributed by atoms with van der Waals surface area (Å²) in [6.45, 7) is 1.42. The third-order valence-corrected chi connectivity index (χ3v) is 5.21. The maximum Gasteiger partial charge on any atom is 0.327 e. The summed E-state index contributed by atoms with van der Waals surface area (Å²) in [6.07, 6.45) is 0. The number of thiazole rings is 1. The number of aromatic nitrogens is 1. The summed E-state index contributed by atoms with van der Waals surface area (Å²) >= 11 is 1.15. The van der Waals surface area contributed by atoms with Gasteiger partial charge < -0.3 is 19.5 Å². The van der Waals surface area contributed by atoms with E-state index in [0.29, 0.717) is 11.4 Å². The van der Waals surface area contributed by atoms with Crippen LogP contribution in [0.2, 0.25) is 0 Å². The summed E-state index contributed by atoms with van der Waals surface area (Å²) in [5.41, 5.74) is 1.16. The number of amides is 2. The molecular formula is C21H20N4O7S. The molecule has 0 aliphatic heterocycles. The lowest BCUT2D eigenvalue weighted by atomic mass is 10.1. The van der Waals surface area contributed by atoms with Gasteiger partial charge in [0.25, 0.3) is 5.91 Å². The summed E-state index contributed by atoms with van der Waals surface area (Å²) < 4.78 is 15.5. The molecule has 0 aliphatic carbocycles. The number of carbonyl (C=O) groups excluding carboxylic acids is 2. The number of ether oxygens (including phenoxy) is 3. The number of nitro groups is 1. The highest BCUT2D eigenvalue weighted by molar-refractivity contribution is 7.14. The van der Waals surface area contributed by atoms with Gasteiger partial charge in [-0.3, -0.25) is 25.0 Å². The lowest BCUT2D eigenvalue weighted by molar-refractivity contribution is -0.386. The number of nitrogens with one attached hydrogen (secondary N) is 2. The fraction of sp³-hybridized carbons (Fsp3) is 0.190. The van der Waals surface area contributed by atoms with E-state index in [4.69, 9.17) is 14.2 Å². The van der Waals surface area contributed by atoms with Gasteiger partial charge in [-0.15, -0.1) is 11.3 Å². The zero-order valence-corrected chi connectivity index (χ0v) is 18.9. The van der Waals surface area contributed by atoms with Crippen LogP contribution in [0.15, 0.2) is 35.7 Å².